The Balaban J connectivity index is 1.91. The van der Waals surface area contributed by atoms with Gasteiger partial charge in [0, 0.05) is 37.8 Å². The minimum absolute atomic E-state index is 0.0330. The molecule has 0 saturated carbocycles. The van der Waals surface area contributed by atoms with Crippen molar-refractivity contribution in [3.63, 3.8) is 0 Å². The maximum Gasteiger partial charge on any atom is 0.330 e. The van der Waals surface area contributed by atoms with Gasteiger partial charge in [-0.15, -0.1) is 0 Å². The average molecular weight is 1270 g/mol. The average Bonchev–Trinajstić information content (AvgIpc) is 0.821. The first-order valence-corrected chi connectivity index (χ1v) is 34.1. The molecule has 0 fully saturated rings. The second-order valence-corrected chi connectivity index (χ2v) is 23.5. The number of fused-ring (bicyclic) bond motifs is 8. The first-order valence-electron chi connectivity index (χ1n) is 34.1. The summed E-state index contributed by atoms with van der Waals surface area (Å²) in [6.45, 7) is 19.3. The van der Waals surface area contributed by atoms with E-state index >= 15 is 0 Å². The van der Waals surface area contributed by atoms with Crippen LogP contribution < -0.4 is 18.9 Å². The summed E-state index contributed by atoms with van der Waals surface area (Å²) in [4.78, 5) is 75.6. The molecule has 0 atom stereocenters. The lowest BCUT2D eigenvalue weighted by Gasteiger charge is -2.25. The highest BCUT2D eigenvalue weighted by molar-refractivity contribution is 5.91. The van der Waals surface area contributed by atoms with Gasteiger partial charge in [0.25, 0.3) is 0 Å². The van der Waals surface area contributed by atoms with E-state index in [0.29, 0.717) is 48.7 Å². The van der Waals surface area contributed by atoms with Gasteiger partial charge in [0.05, 0.1) is 13.2 Å². The van der Waals surface area contributed by atoms with Crippen molar-refractivity contribution >= 4 is 35.8 Å². The monoisotopic (exact) mass is 1270 g/mol. The van der Waals surface area contributed by atoms with Crippen molar-refractivity contribution < 1.29 is 76.1 Å². The maximum absolute atomic E-state index is 13.0. The Labute approximate surface area is 547 Å². The Morgan fingerprint density at radius 2 is 0.543 bits per heavy atom. The van der Waals surface area contributed by atoms with Gasteiger partial charge >= 0.3 is 35.8 Å². The SMILES string of the molecule is C=CC(=O)OCCOc1c2cc(CCCCCC)cc1Cc1cc(CCCCCC)cc(c1OCCOC(=O)CC(=O)OCC)Cc1cc(CCCCCC)cc(c1OCCOC(=O)C=C)Cc1cc(CCCCCC)cc(c1OCCOC(=O)CC(=O)OCC)C2. The van der Waals surface area contributed by atoms with E-state index in [1.165, 1.54) is 0 Å². The van der Waals surface area contributed by atoms with Crippen molar-refractivity contribution in [2.45, 2.75) is 208 Å². The van der Waals surface area contributed by atoms with Crippen LogP contribution in [0.4, 0.5) is 0 Å². The topological polar surface area (TPSA) is 195 Å². The summed E-state index contributed by atoms with van der Waals surface area (Å²) >= 11 is 0. The highest BCUT2D eigenvalue weighted by Gasteiger charge is 2.26. The predicted octanol–water partition coefficient (Wildman–Crippen LogP) is 14.8. The smallest absolute Gasteiger partial charge is 0.330 e. The molecule has 5 rings (SSSR count). The molecule has 16 nitrogen and oxygen atoms in total. The van der Waals surface area contributed by atoms with Crippen LogP contribution in [0.15, 0.2) is 73.8 Å². The van der Waals surface area contributed by atoms with Gasteiger partial charge in [-0.2, -0.15) is 0 Å². The van der Waals surface area contributed by atoms with Crippen LogP contribution >= 0.6 is 0 Å². The standard InChI is InChI=1S/C76H104O16/c1-9-17-21-25-29-55-41-59-49-63-45-57(31-27-23-19-11-3)47-65(75(63)91-39-35-87-71(81)53-69(79)83-15-7)51-61-43-56(30-26-22-18-10-2)44-62(74(61)90-38-34-86-68(78)14-6)52-66-48-58(32-28-24-20-12-4)46-64(50-60(42-55)73(59)89-37-33-85-67(77)13-5)76(66)92-40-36-88-72(82)54-70(80)84-16-8/h13-14,41-48H,5-6,9-12,15-40,49-54H2,1-4,7-8H3. The molecule has 504 valence electrons. The Morgan fingerprint density at radius 3 is 0.761 bits per heavy atom. The fourth-order valence-corrected chi connectivity index (χ4v) is 11.6. The maximum atomic E-state index is 13.0. The summed E-state index contributed by atoms with van der Waals surface area (Å²) in [6.07, 6.45) is 22.6. The number of hydrogen-bond acceptors (Lipinski definition) is 16. The van der Waals surface area contributed by atoms with Gasteiger partial charge in [-0.05, 0) is 132 Å². The van der Waals surface area contributed by atoms with Gasteiger partial charge in [-0.25, -0.2) is 9.59 Å². The third kappa shape index (κ3) is 26.9. The molecule has 4 aromatic carbocycles. The van der Waals surface area contributed by atoms with Crippen LogP contribution in [0, 0.1) is 0 Å². The van der Waals surface area contributed by atoms with Gasteiger partial charge in [0.15, 0.2) is 0 Å². The molecular formula is C76H104O16. The van der Waals surface area contributed by atoms with Crippen LogP contribution in [0.5, 0.6) is 23.0 Å². The molecular weight excluding hydrogens is 1170 g/mol. The van der Waals surface area contributed by atoms with E-state index in [4.69, 9.17) is 47.4 Å². The zero-order valence-corrected chi connectivity index (χ0v) is 56.2. The van der Waals surface area contributed by atoms with Crippen molar-refractivity contribution in [2.75, 3.05) is 66.1 Å². The van der Waals surface area contributed by atoms with Gasteiger partial charge in [-0.3, -0.25) is 19.2 Å². The lowest BCUT2D eigenvalue weighted by atomic mass is 9.87. The normalized spacial score (nSPS) is 11.6. The van der Waals surface area contributed by atoms with Crippen LogP contribution in [0.1, 0.15) is 224 Å². The molecule has 0 aliphatic heterocycles. The van der Waals surface area contributed by atoms with Crippen molar-refractivity contribution in [2.24, 2.45) is 0 Å². The van der Waals surface area contributed by atoms with Gasteiger partial charge < -0.3 is 47.4 Å². The van der Waals surface area contributed by atoms with Crippen LogP contribution in [-0.2, 0) is 109 Å². The lowest BCUT2D eigenvalue weighted by Crippen LogP contribution is -2.18. The van der Waals surface area contributed by atoms with E-state index < -0.39 is 48.7 Å². The lowest BCUT2D eigenvalue weighted by molar-refractivity contribution is -0.156. The molecule has 0 heterocycles. The third-order valence-corrected chi connectivity index (χ3v) is 15.9. The summed E-state index contributed by atoms with van der Waals surface area (Å²) in [5.74, 6) is -1.46. The van der Waals surface area contributed by atoms with Gasteiger partial charge in [-0.1, -0.05) is 166 Å². The molecule has 0 amide bonds. The molecule has 1 aliphatic rings. The zero-order valence-electron chi connectivity index (χ0n) is 56.2. The Hall–Kier alpha value is -7.62. The number of aryl methyl sites for hydroxylation is 4. The number of hydrogen-bond donors (Lipinski definition) is 0. The summed E-state index contributed by atoms with van der Waals surface area (Å²) in [5, 5.41) is 0. The van der Waals surface area contributed by atoms with Crippen LogP contribution in [0.25, 0.3) is 0 Å². The molecule has 0 N–H and O–H groups in total. The van der Waals surface area contributed by atoms with Gasteiger partial charge in [0.2, 0.25) is 0 Å². The minimum Gasteiger partial charge on any atom is -0.489 e. The van der Waals surface area contributed by atoms with Crippen molar-refractivity contribution in [3.8, 4) is 23.0 Å². The Bertz CT molecular complexity index is 2700. The quantitative estimate of drug-likeness (QED) is 0.0117. The van der Waals surface area contributed by atoms with Crippen molar-refractivity contribution in [3.05, 3.63) is 141 Å². The van der Waals surface area contributed by atoms with Crippen LogP contribution in [0.3, 0.4) is 0 Å². The number of carbonyl (C=O) groups is 6. The second kappa shape index (κ2) is 43.3. The predicted molar refractivity (Wildman–Crippen MR) is 357 cm³/mol. The number of benzene rings is 4. The zero-order chi connectivity index (χ0) is 66.3. The first kappa shape index (κ1) is 75.1. The summed E-state index contributed by atoms with van der Waals surface area (Å²) < 4.78 is 60.2. The second-order valence-electron chi connectivity index (χ2n) is 23.5. The molecule has 4 aromatic rings. The Kier molecular flexibility index (Phi) is 35.3. The fourth-order valence-electron chi connectivity index (χ4n) is 11.6. The number of esters is 6. The van der Waals surface area contributed by atoms with Crippen LogP contribution in [-0.4, -0.2) is 102 Å². The van der Waals surface area contributed by atoms with Crippen molar-refractivity contribution in [1.82, 2.24) is 0 Å². The summed E-state index contributed by atoms with van der Waals surface area (Å²) in [6, 6.07) is 17.8. The largest absolute Gasteiger partial charge is 0.489 e. The fraction of sp³-hybridized carbons (Fsp3) is 0.553. The number of ether oxygens (including phenoxy) is 10. The molecule has 16 heteroatoms. The Morgan fingerprint density at radius 1 is 0.315 bits per heavy atom. The van der Waals surface area contributed by atoms with E-state index in [-0.39, 0.29) is 66.1 Å². The van der Waals surface area contributed by atoms with E-state index in [9.17, 15) is 28.8 Å². The van der Waals surface area contributed by atoms with Gasteiger partial charge in [0.1, 0.15) is 88.7 Å². The molecule has 8 bridgehead atoms. The van der Waals surface area contributed by atoms with E-state index in [1.807, 2.05) is 0 Å². The van der Waals surface area contributed by atoms with E-state index in [0.717, 1.165) is 207 Å². The summed E-state index contributed by atoms with van der Waals surface area (Å²) in [7, 11) is 0. The highest BCUT2D eigenvalue weighted by atomic mass is 16.6. The number of unbranched alkanes of at least 4 members (excludes halogenated alkanes) is 12. The third-order valence-electron chi connectivity index (χ3n) is 15.9. The van der Waals surface area contributed by atoms with E-state index in [1.54, 1.807) is 13.8 Å². The highest BCUT2D eigenvalue weighted by Crippen LogP contribution is 2.42. The molecule has 1 aliphatic carbocycles. The molecule has 0 aromatic heterocycles. The molecule has 0 radical (unpaired) electrons. The molecule has 0 unspecified atom stereocenters. The van der Waals surface area contributed by atoms with Crippen molar-refractivity contribution in [1.29, 1.82) is 0 Å². The van der Waals surface area contributed by atoms with Crippen LogP contribution in [0.2, 0.25) is 0 Å². The number of rotatable bonds is 44. The first-order chi connectivity index (χ1) is 44.8. The molecule has 92 heavy (non-hydrogen) atoms. The molecule has 0 spiro atoms. The van der Waals surface area contributed by atoms with E-state index in [2.05, 4.69) is 89.4 Å². The minimum atomic E-state index is -0.722. The molecule has 0 saturated heterocycles. The number of carbonyl (C=O) groups excluding carboxylic acids is 6. The summed E-state index contributed by atoms with van der Waals surface area (Å²) in [5.41, 5.74) is 11.5.